The van der Waals surface area contributed by atoms with Crippen LogP contribution in [0.25, 0.3) is 63.6 Å². The summed E-state index contributed by atoms with van der Waals surface area (Å²) in [7, 11) is 0. The Balaban J connectivity index is 0.000000127. The number of rotatable bonds is 2. The molecule has 8 nitrogen and oxygen atoms in total. The first-order valence-corrected chi connectivity index (χ1v) is 12.9. The van der Waals surface area contributed by atoms with Crippen molar-refractivity contribution < 1.29 is 8.78 Å². The van der Waals surface area contributed by atoms with E-state index in [1.807, 2.05) is 24.5 Å². The summed E-state index contributed by atoms with van der Waals surface area (Å²) in [4.78, 5) is 30.8. The molecule has 0 aliphatic heterocycles. The van der Waals surface area contributed by atoms with Gasteiger partial charge in [0.1, 0.15) is 21.3 Å². The van der Waals surface area contributed by atoms with Gasteiger partial charge in [0.15, 0.2) is 0 Å². The third kappa shape index (κ3) is 3.96. The fraction of sp³-hybridized carbons (Fsp3) is 0. The van der Waals surface area contributed by atoms with Crippen molar-refractivity contribution in [1.29, 1.82) is 0 Å². The SMILES string of the molecule is Fc1cc(-c2nc3[nH]c4ccncc4c3s2)ccn1.[18F]c1cc(-c2nc3[nH]c4ccncc4c3s2)ccn1. The molecule has 0 aromatic carbocycles. The molecule has 0 bridgehead atoms. The molecule has 2 N–H and O–H groups in total. The number of pyridine rings is 4. The minimum absolute atomic E-state index is 0.497. The van der Waals surface area contributed by atoms with E-state index >= 15 is 0 Å². The largest absolute Gasteiger partial charge is 0.338 e. The molecule has 0 spiro atoms. The number of nitrogens with one attached hydrogen (secondary N) is 2. The van der Waals surface area contributed by atoms with Crippen LogP contribution >= 0.6 is 22.7 Å². The molecular formula is C26H14F2N8S2. The second-order valence-corrected chi connectivity index (χ2v) is 10.2. The smallest absolute Gasteiger partial charge is 0.213 e. The van der Waals surface area contributed by atoms with Gasteiger partial charge in [0.05, 0.1) is 20.4 Å². The Kier molecular flexibility index (Phi) is 5.34. The third-order valence-electron chi connectivity index (χ3n) is 5.84. The number of hydrogen-bond acceptors (Lipinski definition) is 8. The van der Waals surface area contributed by atoms with Gasteiger partial charge in [-0.3, -0.25) is 9.97 Å². The average Bonchev–Trinajstić information content (AvgIpc) is 3.68. The molecule has 184 valence electrons. The minimum Gasteiger partial charge on any atom is -0.338 e. The molecule has 38 heavy (non-hydrogen) atoms. The summed E-state index contributed by atoms with van der Waals surface area (Å²) in [5, 5.41) is 3.62. The number of halogens is 2. The number of thiazole rings is 2. The maximum absolute atomic E-state index is 13.1. The summed E-state index contributed by atoms with van der Waals surface area (Å²) < 4.78 is 28.3. The summed E-state index contributed by atoms with van der Waals surface area (Å²) in [5.74, 6) is -0.995. The molecule has 8 heterocycles. The van der Waals surface area contributed by atoms with E-state index in [0.717, 1.165) is 63.6 Å². The lowest BCUT2D eigenvalue weighted by Gasteiger charge is -1.94. The van der Waals surface area contributed by atoms with Gasteiger partial charge in [-0.05, 0) is 24.3 Å². The molecule has 0 atom stereocenters. The fourth-order valence-electron chi connectivity index (χ4n) is 4.12. The quantitative estimate of drug-likeness (QED) is 0.235. The number of H-pyrrole nitrogens is 2. The predicted octanol–water partition coefficient (Wildman–Crippen LogP) is 6.75. The van der Waals surface area contributed by atoms with Crippen molar-refractivity contribution in [3.63, 3.8) is 0 Å². The van der Waals surface area contributed by atoms with Gasteiger partial charge in [0.2, 0.25) is 11.9 Å². The van der Waals surface area contributed by atoms with Crippen LogP contribution in [0.1, 0.15) is 0 Å². The van der Waals surface area contributed by atoms with Crippen LogP contribution in [0.2, 0.25) is 0 Å². The van der Waals surface area contributed by atoms with Gasteiger partial charge in [-0.15, -0.1) is 22.7 Å². The Morgan fingerprint density at radius 1 is 0.605 bits per heavy atom. The normalized spacial score (nSPS) is 11.4. The molecule has 8 rings (SSSR count). The fourth-order valence-corrected chi connectivity index (χ4v) is 6.20. The van der Waals surface area contributed by atoms with Gasteiger partial charge < -0.3 is 9.97 Å². The lowest BCUT2D eigenvalue weighted by Crippen LogP contribution is -1.82. The maximum atomic E-state index is 13.1. The third-order valence-corrected chi connectivity index (χ3v) is 8.11. The van der Waals surface area contributed by atoms with Gasteiger partial charge in [-0.25, -0.2) is 19.9 Å². The number of aromatic amines is 2. The highest BCUT2D eigenvalue weighted by atomic mass is 32.1. The van der Waals surface area contributed by atoms with E-state index in [-0.39, 0.29) is 0 Å². The van der Waals surface area contributed by atoms with Crippen molar-refractivity contribution in [2.24, 2.45) is 0 Å². The number of hydrogen-bond donors (Lipinski definition) is 2. The summed E-state index contributed by atoms with van der Waals surface area (Å²) in [6.45, 7) is 0. The summed E-state index contributed by atoms with van der Waals surface area (Å²) in [5.41, 5.74) is 5.10. The van der Waals surface area contributed by atoms with Gasteiger partial charge in [0.25, 0.3) is 0 Å². The van der Waals surface area contributed by atoms with E-state index in [4.69, 9.17) is 0 Å². The monoisotopic (exact) mass is 539 g/mol. The van der Waals surface area contributed by atoms with Gasteiger partial charge in [-0.1, -0.05) is 0 Å². The second kappa shape index (κ2) is 9.01. The Morgan fingerprint density at radius 3 is 1.53 bits per heavy atom. The zero-order valence-corrected chi connectivity index (χ0v) is 20.8. The first-order valence-electron chi connectivity index (χ1n) is 11.3. The highest BCUT2D eigenvalue weighted by Gasteiger charge is 2.13. The molecular weight excluding hydrogens is 525 g/mol. The van der Waals surface area contributed by atoms with E-state index in [1.165, 1.54) is 47.2 Å². The lowest BCUT2D eigenvalue weighted by molar-refractivity contribution is 0.584. The molecule has 0 amide bonds. The van der Waals surface area contributed by atoms with Crippen molar-refractivity contribution in [2.75, 3.05) is 0 Å². The molecule has 0 fully saturated rings. The van der Waals surface area contributed by atoms with E-state index in [0.29, 0.717) is 0 Å². The van der Waals surface area contributed by atoms with Crippen LogP contribution in [0.3, 0.4) is 0 Å². The first kappa shape index (κ1) is 22.5. The van der Waals surface area contributed by atoms with Crippen LogP contribution in [0.15, 0.2) is 73.6 Å². The maximum Gasteiger partial charge on any atom is 0.213 e. The molecule has 0 radical (unpaired) electrons. The van der Waals surface area contributed by atoms with E-state index in [2.05, 4.69) is 39.9 Å². The van der Waals surface area contributed by atoms with Crippen molar-refractivity contribution in [3.8, 4) is 21.1 Å². The second-order valence-electron chi connectivity index (χ2n) is 8.22. The van der Waals surface area contributed by atoms with Crippen LogP contribution in [-0.2, 0) is 0 Å². The minimum atomic E-state index is -0.497. The Hall–Kier alpha value is -4.68. The highest BCUT2D eigenvalue weighted by molar-refractivity contribution is 7.23. The van der Waals surface area contributed by atoms with Crippen LogP contribution in [0.4, 0.5) is 8.78 Å². The predicted molar refractivity (Wildman–Crippen MR) is 145 cm³/mol. The van der Waals surface area contributed by atoms with E-state index in [9.17, 15) is 8.78 Å². The molecule has 0 aliphatic rings. The van der Waals surface area contributed by atoms with E-state index in [1.54, 1.807) is 24.5 Å². The van der Waals surface area contributed by atoms with Crippen LogP contribution in [0, 0.1) is 11.9 Å². The molecule has 8 aromatic heterocycles. The van der Waals surface area contributed by atoms with Crippen LogP contribution in [-0.4, -0.2) is 39.9 Å². The Labute approximate surface area is 220 Å². The van der Waals surface area contributed by atoms with Crippen LogP contribution in [0.5, 0.6) is 0 Å². The number of aromatic nitrogens is 8. The zero-order valence-electron chi connectivity index (χ0n) is 19.2. The van der Waals surface area contributed by atoms with Gasteiger partial charge in [-0.2, -0.15) is 8.78 Å². The number of nitrogens with zero attached hydrogens (tertiary/aromatic N) is 6. The molecule has 0 saturated heterocycles. The molecule has 12 heteroatoms. The summed E-state index contributed by atoms with van der Waals surface area (Å²) in [6.07, 6.45) is 9.98. The molecule has 0 unspecified atom stereocenters. The van der Waals surface area contributed by atoms with Crippen molar-refractivity contribution in [2.45, 2.75) is 0 Å². The highest BCUT2D eigenvalue weighted by Crippen LogP contribution is 2.35. The lowest BCUT2D eigenvalue weighted by atomic mass is 10.3. The first-order chi connectivity index (χ1) is 18.6. The Bertz CT molecular complexity index is 1940. The Morgan fingerprint density at radius 2 is 1.08 bits per heavy atom. The van der Waals surface area contributed by atoms with Gasteiger partial charge >= 0.3 is 0 Å². The van der Waals surface area contributed by atoms with Crippen molar-refractivity contribution in [3.05, 3.63) is 85.5 Å². The van der Waals surface area contributed by atoms with Gasteiger partial charge in [0, 0.05) is 71.2 Å². The average molecular weight is 540 g/mol. The zero-order chi connectivity index (χ0) is 25.6. The standard InChI is InChI=1S/2C13H7FN4S/c2*14-10-5-7(1-4-16-10)13-18-12-11(19-13)8-6-15-3-2-9(8)17-12/h2*1-6,17H/i14-1;. The molecule has 0 saturated carbocycles. The topological polar surface area (TPSA) is 109 Å². The summed E-state index contributed by atoms with van der Waals surface area (Å²) in [6, 6.07) is 10.1. The molecule has 0 aliphatic carbocycles. The molecule has 8 aromatic rings. The van der Waals surface area contributed by atoms with Crippen molar-refractivity contribution in [1.82, 2.24) is 39.9 Å². The van der Waals surface area contributed by atoms with Crippen molar-refractivity contribution >= 4 is 65.2 Å². The van der Waals surface area contributed by atoms with Crippen LogP contribution < -0.4 is 0 Å². The summed E-state index contributed by atoms with van der Waals surface area (Å²) >= 11 is 3.04. The van der Waals surface area contributed by atoms with E-state index < -0.39 is 11.9 Å². The number of fused-ring (bicyclic) bond motifs is 6.